The minimum Gasteiger partial charge on any atom is -0.426 e. The lowest BCUT2D eigenvalue weighted by Gasteiger charge is -2.45. The van der Waals surface area contributed by atoms with Crippen molar-refractivity contribution < 1.29 is 35.9 Å². The number of amides is 1. The molecule has 2 saturated heterocycles. The smallest absolute Gasteiger partial charge is 0.426 e. The number of carbonyl (C=O) groups excluding carboxylic acids is 1. The number of ether oxygens (including phenoxy) is 1. The summed E-state index contributed by atoms with van der Waals surface area (Å²) in [5, 5.41) is 0. The average Bonchev–Trinajstić information content (AvgIpc) is 3.17. The van der Waals surface area contributed by atoms with Crippen LogP contribution in [-0.4, -0.2) is 77.5 Å². The van der Waals surface area contributed by atoms with Gasteiger partial charge in [0.15, 0.2) is 0 Å². The van der Waals surface area contributed by atoms with Crippen molar-refractivity contribution in [3.05, 3.63) is 34.9 Å². The van der Waals surface area contributed by atoms with Crippen LogP contribution in [0.1, 0.15) is 56.2 Å². The maximum absolute atomic E-state index is 12.8. The van der Waals surface area contributed by atoms with Crippen LogP contribution in [0.2, 0.25) is 0 Å². The van der Waals surface area contributed by atoms with E-state index in [-0.39, 0.29) is 18.6 Å². The highest BCUT2D eigenvalue weighted by atomic mass is 19.4. The van der Waals surface area contributed by atoms with Gasteiger partial charge in [0.1, 0.15) is 0 Å². The molecule has 0 aliphatic carbocycles. The molecule has 37 heavy (non-hydrogen) atoms. The molecular weight excluding hydrogens is 500 g/mol. The molecule has 0 radical (unpaired) electrons. The minimum atomic E-state index is -5.72. The number of alkyl halides is 6. The Kier molecular flexibility index (Phi) is 8.05. The Morgan fingerprint density at radius 2 is 1.68 bits per heavy atom. The van der Waals surface area contributed by atoms with Gasteiger partial charge in [-0.25, -0.2) is 4.79 Å². The lowest BCUT2D eigenvalue weighted by molar-refractivity contribution is -0.308. The molecule has 3 heterocycles. The molecule has 11 heteroatoms. The molecule has 0 aromatic heterocycles. The second-order valence-electron chi connectivity index (χ2n) is 11.0. The summed E-state index contributed by atoms with van der Waals surface area (Å²) in [5.41, 5.74) is 3.78. The molecule has 1 aromatic carbocycles. The van der Waals surface area contributed by atoms with E-state index in [0.29, 0.717) is 18.8 Å². The first-order valence-electron chi connectivity index (χ1n) is 12.9. The van der Waals surface area contributed by atoms with Crippen LogP contribution in [0, 0.1) is 5.92 Å². The van der Waals surface area contributed by atoms with Crippen molar-refractivity contribution in [1.82, 2.24) is 14.7 Å². The molecule has 0 N–H and O–H groups in total. The Morgan fingerprint density at radius 1 is 1.00 bits per heavy atom. The van der Waals surface area contributed by atoms with Gasteiger partial charge in [0.25, 0.3) is 6.10 Å². The van der Waals surface area contributed by atoms with Crippen molar-refractivity contribution in [3.8, 4) is 0 Å². The van der Waals surface area contributed by atoms with Crippen LogP contribution in [0.3, 0.4) is 0 Å². The number of fused-ring (bicyclic) bond motifs is 1. The summed E-state index contributed by atoms with van der Waals surface area (Å²) in [6, 6.07) is 6.43. The van der Waals surface area contributed by atoms with E-state index in [0.717, 1.165) is 56.9 Å². The molecule has 0 bridgehead atoms. The van der Waals surface area contributed by atoms with E-state index in [1.54, 1.807) is 0 Å². The van der Waals surface area contributed by atoms with E-state index in [9.17, 15) is 31.1 Å². The second kappa shape index (κ2) is 10.6. The topological polar surface area (TPSA) is 36.0 Å². The average molecular weight is 536 g/mol. The molecule has 3 aliphatic rings. The van der Waals surface area contributed by atoms with E-state index in [2.05, 4.69) is 46.6 Å². The minimum absolute atomic E-state index is 0.0623. The number of benzene rings is 1. The van der Waals surface area contributed by atoms with Crippen molar-refractivity contribution in [3.63, 3.8) is 0 Å². The zero-order valence-corrected chi connectivity index (χ0v) is 21.3. The number of halogens is 6. The van der Waals surface area contributed by atoms with Gasteiger partial charge in [-0.1, -0.05) is 32.0 Å². The predicted octanol–water partition coefficient (Wildman–Crippen LogP) is 5.76. The molecule has 1 aromatic rings. The molecule has 2 fully saturated rings. The zero-order chi connectivity index (χ0) is 27.0. The molecule has 0 atom stereocenters. The van der Waals surface area contributed by atoms with E-state index in [1.165, 1.54) is 16.7 Å². The molecule has 0 unspecified atom stereocenters. The summed E-state index contributed by atoms with van der Waals surface area (Å²) in [6.45, 7) is 9.15. The van der Waals surface area contributed by atoms with Crippen LogP contribution in [0.5, 0.6) is 0 Å². The van der Waals surface area contributed by atoms with Crippen LogP contribution in [-0.2, 0) is 24.2 Å². The lowest BCUT2D eigenvalue weighted by atomic mass is 9.84. The van der Waals surface area contributed by atoms with Gasteiger partial charge < -0.3 is 9.64 Å². The summed E-state index contributed by atoms with van der Waals surface area (Å²) in [5.74, 6) is 0.579. The third-order valence-electron chi connectivity index (χ3n) is 7.94. The first kappa shape index (κ1) is 28.0. The van der Waals surface area contributed by atoms with Crippen molar-refractivity contribution in [2.45, 2.75) is 83.0 Å². The summed E-state index contributed by atoms with van der Waals surface area (Å²) in [4.78, 5) is 18.1. The number of hydrogen-bond acceptors (Lipinski definition) is 4. The monoisotopic (exact) mass is 535 g/mol. The van der Waals surface area contributed by atoms with Crippen molar-refractivity contribution in [1.29, 1.82) is 0 Å². The first-order chi connectivity index (χ1) is 17.3. The van der Waals surface area contributed by atoms with Gasteiger partial charge in [-0.15, -0.1) is 0 Å². The normalized spacial score (nSPS) is 21.2. The number of nitrogens with zero attached hydrogens (tertiary/aromatic N) is 3. The Hall–Kier alpha value is -2.01. The van der Waals surface area contributed by atoms with Crippen molar-refractivity contribution in [2.24, 2.45) is 5.92 Å². The summed E-state index contributed by atoms with van der Waals surface area (Å²) in [6.07, 6.45) is -13.3. The van der Waals surface area contributed by atoms with E-state index >= 15 is 0 Å². The number of carbonyl (C=O) groups is 1. The predicted molar refractivity (Wildman–Crippen MR) is 126 cm³/mol. The standard InChI is InChI=1S/C26H35F6N3O2/c1-18(2)15-33-12-7-19-5-3-6-20(21(19)17-33)16-35-11-4-8-24(35)9-13-34(14-10-24)23(36)37-22(25(27,28)29)26(30,31)32/h3,5-6,18,22H,4,7-17H2,1-2H3. The Labute approximate surface area is 213 Å². The van der Waals surface area contributed by atoms with Crippen LogP contribution in [0.25, 0.3) is 0 Å². The lowest BCUT2D eigenvalue weighted by Crippen LogP contribution is -2.54. The number of rotatable bonds is 5. The van der Waals surface area contributed by atoms with E-state index in [1.807, 2.05) is 0 Å². The first-order valence-corrected chi connectivity index (χ1v) is 12.9. The maximum Gasteiger partial charge on any atom is 0.434 e. The summed E-state index contributed by atoms with van der Waals surface area (Å²) >= 11 is 0. The van der Waals surface area contributed by atoms with Gasteiger partial charge in [-0.3, -0.25) is 9.80 Å². The molecule has 5 nitrogen and oxygen atoms in total. The van der Waals surface area contributed by atoms with Crippen LogP contribution in [0.15, 0.2) is 18.2 Å². The SMILES string of the molecule is CC(C)CN1CCc2cccc(CN3CCCC34CCN(C(=O)OC(C(F)(F)F)C(F)(F)F)CC4)c2C1. The van der Waals surface area contributed by atoms with Gasteiger partial charge in [-0.2, -0.15) is 26.3 Å². The van der Waals surface area contributed by atoms with E-state index in [4.69, 9.17) is 0 Å². The van der Waals surface area contributed by atoms with Gasteiger partial charge in [0, 0.05) is 44.8 Å². The molecule has 3 aliphatic heterocycles. The second-order valence-corrected chi connectivity index (χ2v) is 11.0. The fraction of sp³-hybridized carbons (Fsp3) is 0.731. The fourth-order valence-corrected chi connectivity index (χ4v) is 6.14. The van der Waals surface area contributed by atoms with Crippen LogP contribution < -0.4 is 0 Å². The van der Waals surface area contributed by atoms with E-state index < -0.39 is 24.5 Å². The Morgan fingerprint density at radius 3 is 2.30 bits per heavy atom. The van der Waals surface area contributed by atoms with Crippen LogP contribution >= 0.6 is 0 Å². The Balaban J connectivity index is 1.41. The molecule has 1 amide bonds. The molecule has 0 saturated carbocycles. The summed E-state index contributed by atoms with van der Waals surface area (Å²) < 4.78 is 80.9. The summed E-state index contributed by atoms with van der Waals surface area (Å²) in [7, 11) is 0. The third kappa shape index (κ3) is 6.35. The molecule has 208 valence electrons. The van der Waals surface area contributed by atoms with Crippen molar-refractivity contribution in [2.75, 3.05) is 32.7 Å². The Bertz CT molecular complexity index is 943. The van der Waals surface area contributed by atoms with Crippen molar-refractivity contribution >= 4 is 6.09 Å². The highest BCUT2D eigenvalue weighted by molar-refractivity contribution is 5.68. The van der Waals surface area contributed by atoms with Gasteiger partial charge in [0.2, 0.25) is 0 Å². The third-order valence-corrected chi connectivity index (χ3v) is 7.94. The molecule has 1 spiro atoms. The highest BCUT2D eigenvalue weighted by Crippen LogP contribution is 2.41. The highest BCUT2D eigenvalue weighted by Gasteiger charge is 2.60. The van der Waals surface area contributed by atoms with Gasteiger partial charge >= 0.3 is 18.4 Å². The van der Waals surface area contributed by atoms with Gasteiger partial charge in [0.05, 0.1) is 0 Å². The largest absolute Gasteiger partial charge is 0.434 e. The number of piperidine rings is 1. The molecular formula is C26H35F6N3O2. The van der Waals surface area contributed by atoms with Gasteiger partial charge in [-0.05, 0) is 61.3 Å². The quantitative estimate of drug-likeness (QED) is 0.450. The maximum atomic E-state index is 12.8. The van der Waals surface area contributed by atoms with Crippen LogP contribution in [0.4, 0.5) is 31.1 Å². The fourth-order valence-electron chi connectivity index (χ4n) is 6.14. The zero-order valence-electron chi connectivity index (χ0n) is 21.3. The number of likely N-dealkylation sites (tertiary alicyclic amines) is 2. The number of hydrogen-bond donors (Lipinski definition) is 0. The molecule has 4 rings (SSSR count).